The van der Waals surface area contributed by atoms with Crippen molar-refractivity contribution in [3.63, 3.8) is 0 Å². The fourth-order valence-corrected chi connectivity index (χ4v) is 4.31. The minimum atomic E-state index is -0.472. The van der Waals surface area contributed by atoms with Crippen molar-refractivity contribution in [2.75, 3.05) is 32.2 Å². The molecule has 2 N–H and O–H groups in total. The normalized spacial score (nSPS) is 14.2. The molecule has 0 amide bonds. The number of anilines is 1. The summed E-state index contributed by atoms with van der Waals surface area (Å²) in [4.78, 5) is 17.3. The number of benzene rings is 1. The molecule has 4 aromatic rings. The number of fused-ring (bicyclic) bond motifs is 1. The predicted octanol–water partition coefficient (Wildman–Crippen LogP) is 3.65. The van der Waals surface area contributed by atoms with Crippen molar-refractivity contribution >= 4 is 22.7 Å². The van der Waals surface area contributed by atoms with Gasteiger partial charge in [0.15, 0.2) is 5.69 Å². The van der Waals surface area contributed by atoms with Crippen LogP contribution in [-0.4, -0.2) is 63.9 Å². The van der Waals surface area contributed by atoms with Crippen LogP contribution in [0.15, 0.2) is 42.7 Å². The molecule has 1 aliphatic heterocycles. The second-order valence-corrected chi connectivity index (χ2v) is 8.32. The average molecular weight is 477 g/mol. The standard InChI is InChI=1S/C25H28N6O4/c1-3-35-25(32)23-19(14-27-29-23)22-21-20(8-11-26-24(21)28-17-9-12-34-13-10-17)31(30-22)15-16-4-6-18(33-2)7-5-16/h4-8,11,14,17H,3,9-10,12-13,15H2,1-2H3,(H,26,28)(H,27,29). The summed E-state index contributed by atoms with van der Waals surface area (Å²) in [6, 6.07) is 10.1. The first-order valence-corrected chi connectivity index (χ1v) is 11.7. The van der Waals surface area contributed by atoms with Gasteiger partial charge in [-0.3, -0.25) is 9.78 Å². The molecule has 0 unspecified atom stereocenters. The Morgan fingerprint density at radius 2 is 2.03 bits per heavy atom. The first kappa shape index (κ1) is 22.9. The van der Waals surface area contributed by atoms with Crippen molar-refractivity contribution in [3.8, 4) is 17.0 Å². The van der Waals surface area contributed by atoms with Crippen LogP contribution in [0, 0.1) is 0 Å². The zero-order valence-electron chi connectivity index (χ0n) is 19.8. The Bertz CT molecular complexity index is 1310. The highest BCUT2D eigenvalue weighted by atomic mass is 16.5. The fourth-order valence-electron chi connectivity index (χ4n) is 4.31. The van der Waals surface area contributed by atoms with Crippen LogP contribution in [-0.2, 0) is 16.0 Å². The Hall–Kier alpha value is -3.92. The molecular formula is C25H28N6O4. The molecule has 182 valence electrons. The fraction of sp³-hybridized carbons (Fsp3) is 0.360. The molecule has 35 heavy (non-hydrogen) atoms. The molecule has 0 saturated carbocycles. The summed E-state index contributed by atoms with van der Waals surface area (Å²) in [5.41, 5.74) is 3.42. The monoisotopic (exact) mass is 476 g/mol. The third-order valence-corrected chi connectivity index (χ3v) is 6.09. The average Bonchev–Trinajstić information content (AvgIpc) is 3.51. The molecule has 3 aromatic heterocycles. The van der Waals surface area contributed by atoms with Gasteiger partial charge < -0.3 is 19.5 Å². The largest absolute Gasteiger partial charge is 0.497 e. The van der Waals surface area contributed by atoms with E-state index in [9.17, 15) is 4.79 Å². The number of nitrogens with one attached hydrogen (secondary N) is 2. The molecule has 0 radical (unpaired) electrons. The number of aromatic amines is 1. The SMILES string of the molecule is CCOC(=O)c1[nH]ncc1-c1nn(Cc2ccc(OC)cc2)c2ccnc(NC3CCOCC3)c12. The van der Waals surface area contributed by atoms with Gasteiger partial charge in [-0.15, -0.1) is 0 Å². The zero-order chi connectivity index (χ0) is 24.2. The number of carbonyl (C=O) groups is 1. The lowest BCUT2D eigenvalue weighted by molar-refractivity contribution is 0.0520. The smallest absolute Gasteiger partial charge is 0.357 e. The van der Waals surface area contributed by atoms with Gasteiger partial charge in [-0.2, -0.15) is 10.2 Å². The predicted molar refractivity (Wildman–Crippen MR) is 131 cm³/mol. The highest BCUT2D eigenvalue weighted by Crippen LogP contribution is 2.35. The maximum atomic E-state index is 12.6. The second-order valence-electron chi connectivity index (χ2n) is 8.32. The number of ether oxygens (including phenoxy) is 3. The van der Waals surface area contributed by atoms with Gasteiger partial charge in [0, 0.05) is 25.5 Å². The number of aromatic nitrogens is 5. The molecule has 1 saturated heterocycles. The third kappa shape index (κ3) is 4.69. The van der Waals surface area contributed by atoms with Crippen molar-refractivity contribution in [1.29, 1.82) is 0 Å². The lowest BCUT2D eigenvalue weighted by atomic mass is 10.1. The van der Waals surface area contributed by atoms with Crippen LogP contribution in [0.2, 0.25) is 0 Å². The first-order valence-electron chi connectivity index (χ1n) is 11.7. The molecule has 0 atom stereocenters. The van der Waals surface area contributed by atoms with Crippen LogP contribution >= 0.6 is 0 Å². The van der Waals surface area contributed by atoms with Crippen LogP contribution in [0.3, 0.4) is 0 Å². The maximum Gasteiger partial charge on any atom is 0.357 e. The number of hydrogen-bond donors (Lipinski definition) is 2. The highest BCUT2D eigenvalue weighted by Gasteiger charge is 2.25. The summed E-state index contributed by atoms with van der Waals surface area (Å²) in [6.07, 6.45) is 5.18. The van der Waals surface area contributed by atoms with Crippen LogP contribution in [0.1, 0.15) is 35.8 Å². The van der Waals surface area contributed by atoms with Gasteiger partial charge in [0.05, 0.1) is 42.9 Å². The Kier molecular flexibility index (Phi) is 6.62. The third-order valence-electron chi connectivity index (χ3n) is 6.09. The van der Waals surface area contributed by atoms with Gasteiger partial charge in [0.1, 0.15) is 17.3 Å². The Morgan fingerprint density at radius 1 is 1.23 bits per heavy atom. The van der Waals surface area contributed by atoms with Crippen LogP contribution in [0.5, 0.6) is 5.75 Å². The molecule has 0 spiro atoms. The summed E-state index contributed by atoms with van der Waals surface area (Å²) in [7, 11) is 1.65. The summed E-state index contributed by atoms with van der Waals surface area (Å²) in [5.74, 6) is 1.05. The Balaban J connectivity index is 1.61. The lowest BCUT2D eigenvalue weighted by Gasteiger charge is -2.24. The maximum absolute atomic E-state index is 12.6. The van der Waals surface area contributed by atoms with E-state index in [4.69, 9.17) is 19.3 Å². The quantitative estimate of drug-likeness (QED) is 0.370. The van der Waals surface area contributed by atoms with Gasteiger partial charge in [-0.25, -0.2) is 9.78 Å². The Labute approximate surface area is 202 Å². The molecule has 10 heteroatoms. The van der Waals surface area contributed by atoms with Crippen LogP contribution in [0.4, 0.5) is 5.82 Å². The molecule has 1 fully saturated rings. The van der Waals surface area contributed by atoms with Gasteiger partial charge in [0.25, 0.3) is 0 Å². The molecule has 5 rings (SSSR count). The van der Waals surface area contributed by atoms with Crippen molar-refractivity contribution in [1.82, 2.24) is 25.0 Å². The first-order chi connectivity index (χ1) is 17.2. The summed E-state index contributed by atoms with van der Waals surface area (Å²) in [5, 5.41) is 16.3. The zero-order valence-corrected chi connectivity index (χ0v) is 19.8. The number of esters is 1. The van der Waals surface area contributed by atoms with E-state index in [-0.39, 0.29) is 18.3 Å². The van der Waals surface area contributed by atoms with E-state index < -0.39 is 5.97 Å². The van der Waals surface area contributed by atoms with E-state index in [0.717, 1.165) is 40.9 Å². The summed E-state index contributed by atoms with van der Waals surface area (Å²) >= 11 is 0. The van der Waals surface area contributed by atoms with E-state index in [1.54, 1.807) is 26.4 Å². The minimum Gasteiger partial charge on any atom is -0.497 e. The molecular weight excluding hydrogens is 448 g/mol. The minimum absolute atomic E-state index is 0.244. The van der Waals surface area contributed by atoms with Gasteiger partial charge in [-0.05, 0) is 43.5 Å². The summed E-state index contributed by atoms with van der Waals surface area (Å²) in [6.45, 7) is 4.00. The molecule has 1 aromatic carbocycles. The molecule has 0 aliphatic carbocycles. The second kappa shape index (κ2) is 10.1. The van der Waals surface area contributed by atoms with Crippen molar-refractivity contribution in [2.45, 2.75) is 32.4 Å². The number of methoxy groups -OCH3 is 1. The Morgan fingerprint density at radius 3 is 2.77 bits per heavy atom. The summed E-state index contributed by atoms with van der Waals surface area (Å²) < 4.78 is 18.0. The van der Waals surface area contributed by atoms with E-state index in [1.165, 1.54) is 0 Å². The number of hydrogen-bond acceptors (Lipinski definition) is 8. The molecule has 4 heterocycles. The van der Waals surface area contributed by atoms with E-state index >= 15 is 0 Å². The molecule has 1 aliphatic rings. The van der Waals surface area contributed by atoms with Gasteiger partial charge >= 0.3 is 5.97 Å². The van der Waals surface area contributed by atoms with E-state index in [1.807, 2.05) is 35.0 Å². The van der Waals surface area contributed by atoms with Gasteiger partial charge in [0.2, 0.25) is 0 Å². The topological polar surface area (TPSA) is 116 Å². The van der Waals surface area contributed by atoms with Crippen molar-refractivity contribution in [2.24, 2.45) is 0 Å². The van der Waals surface area contributed by atoms with Crippen molar-refractivity contribution in [3.05, 3.63) is 54.0 Å². The number of carbonyl (C=O) groups excluding carboxylic acids is 1. The van der Waals surface area contributed by atoms with E-state index in [2.05, 4.69) is 20.5 Å². The highest BCUT2D eigenvalue weighted by molar-refractivity contribution is 6.05. The number of rotatable bonds is 8. The van der Waals surface area contributed by atoms with E-state index in [0.29, 0.717) is 31.0 Å². The van der Waals surface area contributed by atoms with Crippen LogP contribution < -0.4 is 10.1 Å². The molecule has 0 bridgehead atoms. The lowest BCUT2D eigenvalue weighted by Crippen LogP contribution is -2.28. The number of nitrogens with zero attached hydrogens (tertiary/aromatic N) is 4. The molecule has 10 nitrogen and oxygen atoms in total. The van der Waals surface area contributed by atoms with Crippen molar-refractivity contribution < 1.29 is 19.0 Å². The van der Waals surface area contributed by atoms with Crippen LogP contribution in [0.25, 0.3) is 22.2 Å². The van der Waals surface area contributed by atoms with Gasteiger partial charge in [-0.1, -0.05) is 12.1 Å². The number of H-pyrrole nitrogens is 1. The number of pyridine rings is 1.